The highest BCUT2D eigenvalue weighted by molar-refractivity contribution is 7.99. The van der Waals surface area contributed by atoms with Crippen LogP contribution in [0.3, 0.4) is 0 Å². The fourth-order valence-corrected chi connectivity index (χ4v) is 3.35. The normalized spacial score (nSPS) is 14.2. The molecule has 5 heteroatoms. The fourth-order valence-electron chi connectivity index (χ4n) is 2.38. The molecule has 0 saturated carbocycles. The van der Waals surface area contributed by atoms with E-state index >= 15 is 0 Å². The maximum atomic E-state index is 12.0. The Bertz CT molecular complexity index is 444. The number of aryl methyl sites for hydroxylation is 1. The second-order valence-electron chi connectivity index (χ2n) is 5.77. The molecule has 0 amide bonds. The zero-order valence-electron chi connectivity index (χ0n) is 13.7. The molecule has 1 N–H and O–H groups in total. The molecule has 0 aliphatic carbocycles. The molecule has 4 nitrogen and oxygen atoms in total. The van der Waals surface area contributed by atoms with Crippen molar-refractivity contribution < 1.29 is 13.9 Å². The van der Waals surface area contributed by atoms with Gasteiger partial charge in [0, 0.05) is 10.9 Å². The second kappa shape index (κ2) is 8.49. The molecule has 1 rings (SSSR count). The van der Waals surface area contributed by atoms with Crippen LogP contribution in [0.4, 0.5) is 0 Å². The summed E-state index contributed by atoms with van der Waals surface area (Å²) in [6.45, 7) is 7.98. The minimum absolute atomic E-state index is 0.186. The van der Waals surface area contributed by atoms with Crippen LogP contribution in [0.1, 0.15) is 45.8 Å². The molecule has 120 valence electrons. The van der Waals surface area contributed by atoms with Crippen molar-refractivity contribution in [1.29, 1.82) is 0 Å². The van der Waals surface area contributed by atoms with Gasteiger partial charge < -0.3 is 9.15 Å². The van der Waals surface area contributed by atoms with Crippen LogP contribution in [0, 0.1) is 6.92 Å². The smallest absolute Gasteiger partial charge is 0.325 e. The molecule has 1 unspecified atom stereocenters. The first kappa shape index (κ1) is 18.1. The van der Waals surface area contributed by atoms with Crippen molar-refractivity contribution in [2.75, 3.05) is 12.9 Å². The molecule has 0 bridgehead atoms. The highest BCUT2D eigenvalue weighted by atomic mass is 32.2. The van der Waals surface area contributed by atoms with Crippen LogP contribution >= 0.6 is 11.8 Å². The third kappa shape index (κ3) is 5.75. The summed E-state index contributed by atoms with van der Waals surface area (Å²) in [5.41, 5.74) is -0.598. The maximum absolute atomic E-state index is 12.0. The fraction of sp³-hybridized carbons (Fsp3) is 0.688. The molecule has 1 heterocycles. The van der Waals surface area contributed by atoms with E-state index in [4.69, 9.17) is 9.15 Å². The number of furan rings is 1. The predicted octanol–water partition coefficient (Wildman–Crippen LogP) is 3.78. The van der Waals surface area contributed by atoms with Gasteiger partial charge in [0.1, 0.15) is 11.3 Å². The number of nitrogens with one attached hydrogen (secondary N) is 1. The largest absolute Gasteiger partial charge is 0.468 e. The molecular weight excluding hydrogens is 286 g/mol. The Morgan fingerprint density at radius 1 is 1.48 bits per heavy atom. The third-order valence-corrected chi connectivity index (χ3v) is 4.61. The van der Waals surface area contributed by atoms with Crippen LogP contribution in [0.15, 0.2) is 21.6 Å². The second-order valence-corrected chi connectivity index (χ2v) is 6.91. The minimum Gasteiger partial charge on any atom is -0.468 e. The van der Waals surface area contributed by atoms with Crippen molar-refractivity contribution in [3.05, 3.63) is 18.1 Å². The lowest BCUT2D eigenvalue weighted by molar-refractivity contribution is -0.148. The van der Waals surface area contributed by atoms with E-state index in [1.807, 2.05) is 33.8 Å². The van der Waals surface area contributed by atoms with Gasteiger partial charge in [-0.2, -0.15) is 0 Å². The molecule has 0 aliphatic heterocycles. The summed E-state index contributed by atoms with van der Waals surface area (Å²) in [5.74, 6) is 1.81. The quantitative estimate of drug-likeness (QED) is 0.427. The number of carbonyl (C=O) groups excluding carboxylic acids is 1. The number of methoxy groups -OCH3 is 1. The molecule has 1 atom stereocenters. The molecule has 0 aliphatic rings. The van der Waals surface area contributed by atoms with Crippen LogP contribution in [-0.4, -0.2) is 30.4 Å². The number of unbranched alkanes of at least 4 members (excludes halogenated alkanes) is 1. The van der Waals surface area contributed by atoms with Crippen LogP contribution in [0.25, 0.3) is 0 Å². The van der Waals surface area contributed by atoms with E-state index in [1.165, 1.54) is 12.0 Å². The third-order valence-electron chi connectivity index (χ3n) is 3.38. The summed E-state index contributed by atoms with van der Waals surface area (Å²) in [7, 11) is 1.44. The van der Waals surface area contributed by atoms with Crippen LogP contribution in [-0.2, 0) is 9.53 Å². The van der Waals surface area contributed by atoms with E-state index in [0.717, 1.165) is 30.8 Å². The molecule has 0 saturated heterocycles. The Labute approximate surface area is 132 Å². The van der Waals surface area contributed by atoms with E-state index in [2.05, 4.69) is 5.32 Å². The molecule has 0 aromatic carbocycles. The van der Waals surface area contributed by atoms with Gasteiger partial charge in [-0.05, 0) is 52.4 Å². The summed E-state index contributed by atoms with van der Waals surface area (Å²) in [4.78, 5) is 13.2. The highest BCUT2D eigenvalue weighted by Crippen LogP contribution is 2.25. The van der Waals surface area contributed by atoms with Gasteiger partial charge >= 0.3 is 5.97 Å². The van der Waals surface area contributed by atoms with Gasteiger partial charge in [0.2, 0.25) is 0 Å². The van der Waals surface area contributed by atoms with Crippen LogP contribution in [0.5, 0.6) is 0 Å². The Kier molecular flexibility index (Phi) is 7.32. The molecule has 1 aromatic rings. The number of thioether (sulfide) groups is 1. The predicted molar refractivity (Wildman–Crippen MR) is 86.7 cm³/mol. The first-order chi connectivity index (χ1) is 9.89. The lowest BCUT2D eigenvalue weighted by Crippen LogP contribution is -2.52. The molecule has 21 heavy (non-hydrogen) atoms. The van der Waals surface area contributed by atoms with E-state index < -0.39 is 5.54 Å². The van der Waals surface area contributed by atoms with Gasteiger partial charge in [0.05, 0.1) is 13.4 Å². The number of rotatable bonds is 9. The topological polar surface area (TPSA) is 51.5 Å². The van der Waals surface area contributed by atoms with Crippen LogP contribution < -0.4 is 5.32 Å². The Balaban J connectivity index is 2.36. The van der Waals surface area contributed by atoms with Crippen molar-refractivity contribution in [3.8, 4) is 0 Å². The minimum atomic E-state index is -0.598. The molecule has 0 spiro atoms. The van der Waals surface area contributed by atoms with Gasteiger partial charge in [-0.25, -0.2) is 0 Å². The summed E-state index contributed by atoms with van der Waals surface area (Å²) in [6, 6.07) is 2.25. The van der Waals surface area contributed by atoms with Gasteiger partial charge in [-0.15, -0.1) is 11.8 Å². The lowest BCUT2D eigenvalue weighted by atomic mass is 9.94. The molecular formula is C16H27NO3S. The number of carbonyl (C=O) groups is 1. The van der Waals surface area contributed by atoms with E-state index in [0.29, 0.717) is 0 Å². The van der Waals surface area contributed by atoms with E-state index in [1.54, 1.807) is 18.0 Å². The Morgan fingerprint density at radius 2 is 2.19 bits per heavy atom. The van der Waals surface area contributed by atoms with Gasteiger partial charge in [-0.1, -0.05) is 6.42 Å². The highest BCUT2D eigenvalue weighted by Gasteiger charge is 2.33. The van der Waals surface area contributed by atoms with Gasteiger partial charge in [0.25, 0.3) is 0 Å². The van der Waals surface area contributed by atoms with Crippen molar-refractivity contribution in [2.45, 2.75) is 63.4 Å². The van der Waals surface area contributed by atoms with Gasteiger partial charge in [-0.3, -0.25) is 10.1 Å². The number of hydrogen-bond acceptors (Lipinski definition) is 5. The van der Waals surface area contributed by atoms with Gasteiger partial charge in [0.15, 0.2) is 0 Å². The van der Waals surface area contributed by atoms with Crippen molar-refractivity contribution in [2.24, 2.45) is 0 Å². The number of hydrogen-bond donors (Lipinski definition) is 1. The first-order valence-corrected chi connectivity index (χ1v) is 8.40. The standard InChI is InChI=1S/C16H27NO3S/c1-12(2)17-16(4,15(18)19-5)9-6-7-11-21-14-8-10-20-13(14)3/h8,10,12,17H,6-7,9,11H2,1-5H3. The Morgan fingerprint density at radius 3 is 2.71 bits per heavy atom. The summed E-state index contributed by atoms with van der Waals surface area (Å²) < 4.78 is 10.2. The SMILES string of the molecule is COC(=O)C(C)(CCCCSc1ccoc1C)NC(C)C. The first-order valence-electron chi connectivity index (χ1n) is 7.42. The number of ether oxygens (including phenoxy) is 1. The van der Waals surface area contributed by atoms with E-state index in [9.17, 15) is 4.79 Å². The molecule has 0 fully saturated rings. The summed E-state index contributed by atoms with van der Waals surface area (Å²) in [5, 5.41) is 3.32. The Hall–Kier alpha value is -0.940. The zero-order chi connectivity index (χ0) is 15.9. The van der Waals surface area contributed by atoms with E-state index in [-0.39, 0.29) is 12.0 Å². The average Bonchev–Trinajstić information content (AvgIpc) is 2.82. The number of esters is 1. The lowest BCUT2D eigenvalue weighted by Gasteiger charge is -2.30. The maximum Gasteiger partial charge on any atom is 0.325 e. The summed E-state index contributed by atoms with van der Waals surface area (Å²) >= 11 is 1.80. The molecule has 1 aromatic heterocycles. The zero-order valence-corrected chi connectivity index (χ0v) is 14.5. The molecule has 0 radical (unpaired) electrons. The average molecular weight is 313 g/mol. The van der Waals surface area contributed by atoms with Crippen molar-refractivity contribution >= 4 is 17.7 Å². The monoisotopic (exact) mass is 313 g/mol. The van der Waals surface area contributed by atoms with Crippen molar-refractivity contribution in [3.63, 3.8) is 0 Å². The van der Waals surface area contributed by atoms with Crippen LogP contribution in [0.2, 0.25) is 0 Å². The van der Waals surface area contributed by atoms with Crippen molar-refractivity contribution in [1.82, 2.24) is 5.32 Å². The summed E-state index contributed by atoms with van der Waals surface area (Å²) in [6.07, 6.45) is 4.54.